The van der Waals surface area contributed by atoms with Crippen LogP contribution in [0.25, 0.3) is 0 Å². The molecule has 3 rings (SSSR count). The molecule has 1 saturated heterocycles. The van der Waals surface area contributed by atoms with Crippen molar-refractivity contribution in [3.8, 4) is 0 Å². The van der Waals surface area contributed by atoms with Crippen LogP contribution in [0.1, 0.15) is 5.56 Å². The Morgan fingerprint density at radius 1 is 0.952 bits per heavy atom. The maximum Gasteiger partial charge on any atom is 0.207 e. The molecule has 0 aliphatic carbocycles. The molecule has 110 valence electrons. The van der Waals surface area contributed by atoms with Gasteiger partial charge in [0.1, 0.15) is 6.10 Å². The smallest absolute Gasteiger partial charge is 0.207 e. The van der Waals surface area contributed by atoms with Crippen molar-refractivity contribution in [2.45, 2.75) is 23.0 Å². The van der Waals surface area contributed by atoms with Crippen molar-refractivity contribution in [3.05, 3.63) is 66.2 Å². The predicted molar refractivity (Wildman–Crippen MR) is 78.4 cm³/mol. The maximum atomic E-state index is 12.3. The average Bonchev–Trinajstić information content (AvgIpc) is 3.30. The Hall–Kier alpha value is -1.69. The van der Waals surface area contributed by atoms with Gasteiger partial charge in [0, 0.05) is 0 Å². The van der Waals surface area contributed by atoms with Crippen LogP contribution >= 0.6 is 0 Å². The third kappa shape index (κ3) is 3.32. The van der Waals surface area contributed by atoms with Crippen LogP contribution in [-0.4, -0.2) is 26.6 Å². The molecular weight excluding hydrogens is 288 g/mol. The quantitative estimate of drug-likeness (QED) is 0.769. The molecule has 21 heavy (non-hydrogen) atoms. The lowest BCUT2D eigenvalue weighted by atomic mass is 10.2. The second-order valence-electron chi connectivity index (χ2n) is 4.90. The van der Waals surface area contributed by atoms with E-state index in [9.17, 15) is 8.42 Å². The van der Waals surface area contributed by atoms with Crippen LogP contribution in [0.4, 0.5) is 0 Å². The lowest BCUT2D eigenvalue weighted by Gasteiger charge is -2.02. The van der Waals surface area contributed by atoms with Crippen LogP contribution in [0, 0.1) is 0 Å². The van der Waals surface area contributed by atoms with Gasteiger partial charge in [0.15, 0.2) is 5.44 Å². The van der Waals surface area contributed by atoms with Gasteiger partial charge in [-0.25, -0.2) is 8.42 Å². The molecule has 4 nitrogen and oxygen atoms in total. The molecular formula is C16H16O4S. The van der Waals surface area contributed by atoms with Crippen molar-refractivity contribution in [2.75, 3.05) is 6.61 Å². The number of hydrogen-bond donors (Lipinski definition) is 0. The summed E-state index contributed by atoms with van der Waals surface area (Å²) in [7, 11) is -3.41. The Balaban J connectivity index is 1.53. The van der Waals surface area contributed by atoms with Gasteiger partial charge in [0.25, 0.3) is 0 Å². The van der Waals surface area contributed by atoms with Gasteiger partial charge in [-0.05, 0) is 17.7 Å². The second kappa shape index (κ2) is 5.97. The molecule has 0 spiro atoms. The summed E-state index contributed by atoms with van der Waals surface area (Å²) < 4.78 is 35.3. The summed E-state index contributed by atoms with van der Waals surface area (Å²) in [5.74, 6) is 0. The van der Waals surface area contributed by atoms with Crippen molar-refractivity contribution in [2.24, 2.45) is 0 Å². The highest BCUT2D eigenvalue weighted by atomic mass is 32.2. The molecule has 0 aromatic heterocycles. The lowest BCUT2D eigenvalue weighted by Crippen LogP contribution is -2.14. The summed E-state index contributed by atoms with van der Waals surface area (Å²) in [4.78, 5) is 0.292. The molecule has 2 aromatic carbocycles. The number of rotatable bonds is 6. The van der Waals surface area contributed by atoms with Crippen molar-refractivity contribution < 1.29 is 17.9 Å². The molecule has 2 aromatic rings. The first kappa shape index (κ1) is 14.3. The van der Waals surface area contributed by atoms with Gasteiger partial charge in [0.05, 0.1) is 18.1 Å². The fourth-order valence-corrected chi connectivity index (χ4v) is 3.70. The number of hydrogen-bond acceptors (Lipinski definition) is 4. The molecule has 0 bridgehead atoms. The van der Waals surface area contributed by atoms with Crippen LogP contribution in [0.15, 0.2) is 65.6 Å². The molecule has 5 heteroatoms. The van der Waals surface area contributed by atoms with Crippen LogP contribution < -0.4 is 0 Å². The molecule has 1 aliphatic heterocycles. The molecule has 1 heterocycles. The van der Waals surface area contributed by atoms with Gasteiger partial charge in [-0.1, -0.05) is 48.5 Å². The minimum Gasteiger partial charge on any atom is -0.374 e. The number of benzene rings is 2. The van der Waals surface area contributed by atoms with E-state index in [1.165, 1.54) is 0 Å². The minimum absolute atomic E-state index is 0.283. The second-order valence-corrected chi connectivity index (χ2v) is 6.93. The fourth-order valence-electron chi connectivity index (χ4n) is 2.13. The number of sulfone groups is 1. The van der Waals surface area contributed by atoms with Crippen molar-refractivity contribution in [1.82, 2.24) is 0 Å². The maximum absolute atomic E-state index is 12.3. The molecule has 1 aliphatic rings. The zero-order chi connectivity index (χ0) is 14.7. The summed E-state index contributed by atoms with van der Waals surface area (Å²) in [6, 6.07) is 18.1. The SMILES string of the molecule is O=S(=O)(c1ccccc1)[C@H]1O[C@@H]1COCc1ccccc1. The Morgan fingerprint density at radius 2 is 1.57 bits per heavy atom. The van der Waals surface area contributed by atoms with E-state index in [-0.39, 0.29) is 12.7 Å². The molecule has 0 saturated carbocycles. The molecule has 0 N–H and O–H groups in total. The topological polar surface area (TPSA) is 55.9 Å². The summed E-state index contributed by atoms with van der Waals surface area (Å²) in [6.45, 7) is 0.741. The Kier molecular flexibility index (Phi) is 4.05. The summed E-state index contributed by atoms with van der Waals surface area (Å²) in [6.07, 6.45) is -0.376. The summed E-state index contributed by atoms with van der Waals surface area (Å²) in [5, 5.41) is 0. The van der Waals surface area contributed by atoms with E-state index in [0.717, 1.165) is 5.56 Å². The van der Waals surface area contributed by atoms with Crippen LogP contribution in [0.3, 0.4) is 0 Å². The van der Waals surface area contributed by atoms with Crippen LogP contribution in [0.2, 0.25) is 0 Å². The molecule has 0 amide bonds. The number of ether oxygens (including phenoxy) is 2. The van der Waals surface area contributed by atoms with Gasteiger partial charge in [-0.15, -0.1) is 0 Å². The largest absolute Gasteiger partial charge is 0.374 e. The summed E-state index contributed by atoms with van der Waals surface area (Å²) >= 11 is 0. The third-order valence-corrected chi connectivity index (χ3v) is 5.26. The van der Waals surface area contributed by atoms with E-state index in [2.05, 4.69) is 0 Å². The highest BCUT2D eigenvalue weighted by molar-refractivity contribution is 7.92. The van der Waals surface area contributed by atoms with E-state index < -0.39 is 15.3 Å². The van der Waals surface area contributed by atoms with Crippen molar-refractivity contribution in [1.29, 1.82) is 0 Å². The molecule has 2 atom stereocenters. The van der Waals surface area contributed by atoms with Gasteiger partial charge in [-0.3, -0.25) is 0 Å². The Bertz CT molecular complexity index is 683. The first-order valence-corrected chi connectivity index (χ1v) is 8.28. The van der Waals surface area contributed by atoms with Crippen LogP contribution in [-0.2, 0) is 25.9 Å². The monoisotopic (exact) mass is 304 g/mol. The predicted octanol–water partition coefficient (Wildman–Crippen LogP) is 2.40. The number of epoxide rings is 1. The molecule has 1 fully saturated rings. The molecule has 0 unspecified atom stereocenters. The normalized spacial score (nSPS) is 21.1. The zero-order valence-electron chi connectivity index (χ0n) is 11.4. The standard InChI is InChI=1S/C16H16O4S/c17-21(18,14-9-5-2-6-10-14)16-15(20-16)12-19-11-13-7-3-1-4-8-13/h1-10,15-16H,11-12H2/t15-,16-/m1/s1. The van der Waals surface area contributed by atoms with Gasteiger partial charge in [0.2, 0.25) is 9.84 Å². The van der Waals surface area contributed by atoms with E-state index in [1.54, 1.807) is 30.3 Å². The van der Waals surface area contributed by atoms with Gasteiger partial charge < -0.3 is 9.47 Å². The van der Waals surface area contributed by atoms with Crippen LogP contribution in [0.5, 0.6) is 0 Å². The fraction of sp³-hybridized carbons (Fsp3) is 0.250. The minimum atomic E-state index is -3.41. The highest BCUT2D eigenvalue weighted by Crippen LogP contribution is 2.32. The highest BCUT2D eigenvalue weighted by Gasteiger charge is 2.49. The summed E-state index contributed by atoms with van der Waals surface area (Å²) in [5.41, 5.74) is 0.274. The van der Waals surface area contributed by atoms with Gasteiger partial charge in [-0.2, -0.15) is 0 Å². The van der Waals surface area contributed by atoms with E-state index in [1.807, 2.05) is 30.3 Å². The van der Waals surface area contributed by atoms with E-state index in [4.69, 9.17) is 9.47 Å². The third-order valence-electron chi connectivity index (χ3n) is 3.31. The van der Waals surface area contributed by atoms with Gasteiger partial charge >= 0.3 is 0 Å². The Labute approximate surface area is 124 Å². The first-order chi connectivity index (χ1) is 10.2. The average molecular weight is 304 g/mol. The van der Waals surface area contributed by atoms with Crippen molar-refractivity contribution in [3.63, 3.8) is 0 Å². The Morgan fingerprint density at radius 3 is 2.24 bits per heavy atom. The molecule has 0 radical (unpaired) electrons. The lowest BCUT2D eigenvalue weighted by molar-refractivity contribution is 0.104. The first-order valence-electron chi connectivity index (χ1n) is 6.74. The van der Waals surface area contributed by atoms with Crippen molar-refractivity contribution >= 4 is 9.84 Å². The van der Waals surface area contributed by atoms with E-state index >= 15 is 0 Å². The zero-order valence-corrected chi connectivity index (χ0v) is 12.2. The van der Waals surface area contributed by atoms with E-state index in [0.29, 0.717) is 11.5 Å².